The lowest BCUT2D eigenvalue weighted by Crippen LogP contribution is -2.18. The fourth-order valence-corrected chi connectivity index (χ4v) is 0.995. The molecule has 0 radical (unpaired) electrons. The Morgan fingerprint density at radius 2 is 2.08 bits per heavy atom. The van der Waals surface area contributed by atoms with E-state index >= 15 is 0 Å². The molecular weight excluding hydrogens is 166 g/mol. The van der Waals surface area contributed by atoms with E-state index in [1.807, 2.05) is 6.07 Å². The predicted octanol–water partition coefficient (Wildman–Crippen LogP) is 1.97. The topological polar surface area (TPSA) is 98.6 Å². The van der Waals surface area contributed by atoms with E-state index in [1.54, 1.807) is 24.3 Å². The van der Waals surface area contributed by atoms with E-state index in [0.717, 1.165) is 5.56 Å². The molecule has 0 aliphatic heterocycles. The predicted molar refractivity (Wildman–Crippen MR) is 50.2 cm³/mol. The Morgan fingerprint density at radius 1 is 1.46 bits per heavy atom. The van der Waals surface area contributed by atoms with Gasteiger partial charge in [0.05, 0.1) is 0 Å². The Balaban J connectivity index is 3.02. The third kappa shape index (κ3) is 2.21. The van der Waals surface area contributed by atoms with Gasteiger partial charge in [-0.15, -0.1) is 0 Å². The summed E-state index contributed by atoms with van der Waals surface area (Å²) < 4.78 is 0. The molecule has 1 unspecified atom stereocenters. The molecule has 0 aromatic heterocycles. The Bertz CT molecular complexity index is 337. The third-order valence-electron chi connectivity index (χ3n) is 1.58. The Morgan fingerprint density at radius 3 is 2.54 bits per heavy atom. The maximum absolute atomic E-state index is 8.25. The highest BCUT2D eigenvalue weighted by molar-refractivity contribution is 5.84. The van der Waals surface area contributed by atoms with Gasteiger partial charge in [-0.05, 0) is 11.1 Å². The summed E-state index contributed by atoms with van der Waals surface area (Å²) in [5.41, 5.74) is 14.3. The average Bonchev–Trinajstić information content (AvgIpc) is 2.15. The number of benzene rings is 1. The molecule has 1 aromatic rings. The van der Waals surface area contributed by atoms with Gasteiger partial charge < -0.3 is 5.73 Å². The average molecular weight is 175 g/mol. The molecule has 66 valence electrons. The van der Waals surface area contributed by atoms with Crippen molar-refractivity contribution in [1.29, 1.82) is 5.41 Å². The van der Waals surface area contributed by atoms with Crippen LogP contribution < -0.4 is 5.73 Å². The van der Waals surface area contributed by atoms with Crippen LogP contribution in [0.5, 0.6) is 0 Å². The second kappa shape index (κ2) is 4.13. The quantitative estimate of drug-likeness (QED) is 0.237. The molecule has 0 saturated carbocycles. The van der Waals surface area contributed by atoms with E-state index in [0.29, 0.717) is 0 Å². The lowest BCUT2D eigenvalue weighted by Gasteiger charge is -2.08. The first kappa shape index (κ1) is 9.09. The van der Waals surface area contributed by atoms with Gasteiger partial charge in [0.2, 0.25) is 0 Å². The third-order valence-corrected chi connectivity index (χ3v) is 1.58. The van der Waals surface area contributed by atoms with Crippen molar-refractivity contribution < 1.29 is 0 Å². The summed E-state index contributed by atoms with van der Waals surface area (Å²) in [6.07, 6.45) is 0. The minimum Gasteiger partial charge on any atom is -0.387 e. The minimum absolute atomic E-state index is 0.149. The Kier molecular flexibility index (Phi) is 2.89. The van der Waals surface area contributed by atoms with Crippen molar-refractivity contribution in [3.05, 3.63) is 46.3 Å². The van der Waals surface area contributed by atoms with Gasteiger partial charge in [-0.2, -0.15) is 0 Å². The molecule has 0 spiro atoms. The Labute approximate surface area is 75.3 Å². The summed E-state index contributed by atoms with van der Waals surface area (Å²) in [5.74, 6) is -0.149. The lowest BCUT2D eigenvalue weighted by atomic mass is 10.1. The monoisotopic (exact) mass is 175 g/mol. The van der Waals surface area contributed by atoms with Crippen LogP contribution in [0.3, 0.4) is 0 Å². The van der Waals surface area contributed by atoms with Crippen LogP contribution in [0.1, 0.15) is 11.6 Å². The Hall–Kier alpha value is -2.00. The van der Waals surface area contributed by atoms with Gasteiger partial charge in [0.25, 0.3) is 0 Å². The van der Waals surface area contributed by atoms with Crippen LogP contribution in [0, 0.1) is 5.41 Å². The van der Waals surface area contributed by atoms with Crippen molar-refractivity contribution in [3.63, 3.8) is 0 Å². The molecule has 13 heavy (non-hydrogen) atoms. The number of hydrogen-bond donors (Lipinski definition) is 2. The zero-order valence-electron chi connectivity index (χ0n) is 6.88. The van der Waals surface area contributed by atoms with E-state index in [-0.39, 0.29) is 5.84 Å². The molecule has 1 aromatic carbocycles. The second-order valence-corrected chi connectivity index (χ2v) is 2.47. The number of rotatable bonds is 3. The van der Waals surface area contributed by atoms with E-state index < -0.39 is 6.04 Å². The van der Waals surface area contributed by atoms with Crippen LogP contribution in [0.15, 0.2) is 35.4 Å². The number of nitrogens with two attached hydrogens (primary N) is 1. The highest BCUT2D eigenvalue weighted by atomic mass is 15.2. The first-order chi connectivity index (χ1) is 6.25. The van der Waals surface area contributed by atoms with Crippen LogP contribution in [-0.2, 0) is 0 Å². The number of nitrogens with zero attached hydrogens (tertiary/aromatic N) is 3. The molecule has 0 fully saturated rings. The van der Waals surface area contributed by atoms with Crippen LogP contribution in [0.2, 0.25) is 0 Å². The molecule has 1 rings (SSSR count). The molecule has 0 amide bonds. The molecule has 5 heteroatoms. The molecule has 0 aliphatic carbocycles. The van der Waals surface area contributed by atoms with Crippen LogP contribution in [-0.4, -0.2) is 5.84 Å². The fourth-order valence-electron chi connectivity index (χ4n) is 0.995. The van der Waals surface area contributed by atoms with Gasteiger partial charge in [-0.3, -0.25) is 5.41 Å². The first-order valence-electron chi connectivity index (χ1n) is 3.68. The number of amidine groups is 1. The number of hydrogen-bond acceptors (Lipinski definition) is 2. The summed E-state index contributed by atoms with van der Waals surface area (Å²) >= 11 is 0. The molecule has 0 aliphatic rings. The molecule has 1 atom stereocenters. The largest absolute Gasteiger partial charge is 0.387 e. The molecule has 0 saturated heterocycles. The maximum atomic E-state index is 8.25. The van der Waals surface area contributed by atoms with E-state index in [9.17, 15) is 0 Å². The smallest absolute Gasteiger partial charge is 0.119 e. The minimum atomic E-state index is -0.689. The zero-order chi connectivity index (χ0) is 9.68. The van der Waals surface area contributed by atoms with Gasteiger partial charge in [-0.25, -0.2) is 0 Å². The molecule has 5 nitrogen and oxygen atoms in total. The van der Waals surface area contributed by atoms with Gasteiger partial charge in [0, 0.05) is 4.91 Å². The summed E-state index contributed by atoms with van der Waals surface area (Å²) in [6, 6.07) is 8.29. The summed E-state index contributed by atoms with van der Waals surface area (Å²) in [4.78, 5) is 2.64. The maximum Gasteiger partial charge on any atom is 0.119 e. The molecular formula is C8H9N5. The van der Waals surface area contributed by atoms with E-state index in [1.165, 1.54) is 0 Å². The van der Waals surface area contributed by atoms with Gasteiger partial charge in [-0.1, -0.05) is 35.4 Å². The summed E-state index contributed by atoms with van der Waals surface area (Å²) in [5, 5.41) is 10.6. The van der Waals surface area contributed by atoms with Crippen molar-refractivity contribution in [2.75, 3.05) is 0 Å². The highest BCUT2D eigenvalue weighted by Crippen LogP contribution is 2.16. The van der Waals surface area contributed by atoms with E-state index in [2.05, 4.69) is 10.0 Å². The first-order valence-corrected chi connectivity index (χ1v) is 3.68. The normalized spacial score (nSPS) is 11.4. The number of nitrogens with one attached hydrogen (secondary N) is 1. The second-order valence-electron chi connectivity index (χ2n) is 2.47. The molecule has 0 heterocycles. The van der Waals surface area contributed by atoms with Gasteiger partial charge in [0.1, 0.15) is 11.9 Å². The zero-order valence-corrected chi connectivity index (χ0v) is 6.88. The standard InChI is InChI=1S/C8H9N5/c9-8(10)7(12-13-11)6-4-2-1-3-5-6/h1-5,7H,(H3,9,10). The lowest BCUT2D eigenvalue weighted by molar-refractivity contribution is 0.923. The molecule has 0 bridgehead atoms. The van der Waals surface area contributed by atoms with Gasteiger partial charge >= 0.3 is 0 Å². The highest BCUT2D eigenvalue weighted by Gasteiger charge is 2.11. The summed E-state index contributed by atoms with van der Waals surface area (Å²) in [7, 11) is 0. The van der Waals surface area contributed by atoms with Gasteiger partial charge in [0.15, 0.2) is 0 Å². The van der Waals surface area contributed by atoms with Crippen LogP contribution in [0.25, 0.3) is 10.4 Å². The number of azide groups is 1. The van der Waals surface area contributed by atoms with Crippen molar-refractivity contribution in [2.45, 2.75) is 6.04 Å². The van der Waals surface area contributed by atoms with Crippen molar-refractivity contribution >= 4 is 5.84 Å². The van der Waals surface area contributed by atoms with Crippen molar-refractivity contribution in [3.8, 4) is 0 Å². The van der Waals surface area contributed by atoms with Crippen molar-refractivity contribution in [1.82, 2.24) is 0 Å². The van der Waals surface area contributed by atoms with E-state index in [4.69, 9.17) is 16.7 Å². The SMILES string of the molecule is [N-]=[N+]=NC(C(=N)N)c1ccccc1. The fraction of sp³-hybridized carbons (Fsp3) is 0.125. The summed E-state index contributed by atoms with van der Waals surface area (Å²) in [6.45, 7) is 0. The van der Waals surface area contributed by atoms with Crippen LogP contribution >= 0.6 is 0 Å². The van der Waals surface area contributed by atoms with Crippen LogP contribution in [0.4, 0.5) is 0 Å². The van der Waals surface area contributed by atoms with Crippen molar-refractivity contribution in [2.24, 2.45) is 10.8 Å². The molecule has 3 N–H and O–H groups in total.